The third-order valence-electron chi connectivity index (χ3n) is 7.61. The molecule has 0 N–H and O–H groups in total. The number of pyridine rings is 1. The average molecular weight is 433 g/mol. The van der Waals surface area contributed by atoms with Crippen LogP contribution in [0.4, 0.5) is 14.9 Å². The summed E-state index contributed by atoms with van der Waals surface area (Å²) in [5.41, 5.74) is 2.22. The van der Waals surface area contributed by atoms with E-state index in [0.29, 0.717) is 19.3 Å². The van der Waals surface area contributed by atoms with E-state index in [-0.39, 0.29) is 23.2 Å². The average Bonchev–Trinajstić information content (AvgIpc) is 3.43. The van der Waals surface area contributed by atoms with Crippen LogP contribution in [0.5, 0.6) is 0 Å². The van der Waals surface area contributed by atoms with Gasteiger partial charge in [0.05, 0.1) is 30.8 Å². The highest BCUT2D eigenvalue weighted by Gasteiger charge is 2.51. The van der Waals surface area contributed by atoms with Gasteiger partial charge in [-0.05, 0) is 32.6 Å². The number of nitrogens with zero attached hydrogens (tertiary/aromatic N) is 4. The Labute approximate surface area is 183 Å². The molecule has 1 saturated carbocycles. The zero-order valence-electron chi connectivity index (χ0n) is 18.4. The number of ether oxygens (including phenoxy) is 2. The van der Waals surface area contributed by atoms with Gasteiger partial charge >= 0.3 is 6.09 Å². The van der Waals surface area contributed by atoms with E-state index in [2.05, 4.69) is 14.8 Å². The molecule has 3 aliphatic heterocycles. The van der Waals surface area contributed by atoms with Gasteiger partial charge in [0, 0.05) is 69.3 Å². The lowest BCUT2D eigenvalue weighted by molar-refractivity contribution is -0.00294. The number of anilines is 1. The van der Waals surface area contributed by atoms with E-state index in [1.807, 2.05) is 11.8 Å². The zero-order valence-corrected chi connectivity index (χ0v) is 18.4. The standard InChI is InChI=1S/C23H33FN4O3/c1-2-31-22(29)28-15-23(16-28)5-3-19(12-23)26-6-8-27(9-7-26)20-11-18(24)13-25-21(20)17-4-10-30-14-17/h11,13,17,19H,2-10,12,14-16H2,1H3/t17?,19-/m1/s1. The number of rotatable bonds is 4. The van der Waals surface area contributed by atoms with E-state index in [4.69, 9.17) is 9.47 Å². The first-order valence-corrected chi connectivity index (χ1v) is 11.7. The molecule has 4 aliphatic rings. The number of carbonyl (C=O) groups excluding carboxylic acids is 1. The Balaban J connectivity index is 1.17. The Morgan fingerprint density at radius 1 is 1.29 bits per heavy atom. The summed E-state index contributed by atoms with van der Waals surface area (Å²) in [6.07, 6.45) is 5.67. The van der Waals surface area contributed by atoms with Crippen molar-refractivity contribution in [2.24, 2.45) is 5.41 Å². The highest BCUT2D eigenvalue weighted by Crippen LogP contribution is 2.47. The summed E-state index contributed by atoms with van der Waals surface area (Å²) < 4.78 is 24.7. The van der Waals surface area contributed by atoms with Crippen molar-refractivity contribution in [3.8, 4) is 0 Å². The van der Waals surface area contributed by atoms with Crippen LogP contribution in [0.25, 0.3) is 0 Å². The van der Waals surface area contributed by atoms with Crippen LogP contribution in [-0.4, -0.2) is 86.0 Å². The van der Waals surface area contributed by atoms with E-state index in [9.17, 15) is 9.18 Å². The number of carbonyl (C=O) groups is 1. The van der Waals surface area contributed by atoms with E-state index in [1.54, 1.807) is 6.07 Å². The van der Waals surface area contributed by atoms with Crippen LogP contribution in [0, 0.1) is 11.2 Å². The molecule has 0 aromatic carbocycles. The minimum absolute atomic E-state index is 0.169. The first-order valence-electron chi connectivity index (χ1n) is 11.7. The molecule has 4 fully saturated rings. The van der Waals surface area contributed by atoms with Gasteiger partial charge in [-0.1, -0.05) is 0 Å². The Morgan fingerprint density at radius 3 is 2.81 bits per heavy atom. The lowest BCUT2D eigenvalue weighted by atomic mass is 9.78. The van der Waals surface area contributed by atoms with E-state index in [1.165, 1.54) is 19.0 Å². The van der Waals surface area contributed by atoms with Crippen molar-refractivity contribution in [2.45, 2.75) is 44.6 Å². The summed E-state index contributed by atoms with van der Waals surface area (Å²) in [6.45, 7) is 9.16. The number of hydrogen-bond donors (Lipinski definition) is 0. The fraction of sp³-hybridized carbons (Fsp3) is 0.739. The number of amides is 1. The predicted octanol–water partition coefficient (Wildman–Crippen LogP) is 2.86. The van der Waals surface area contributed by atoms with Gasteiger partial charge in [0.2, 0.25) is 0 Å². The Morgan fingerprint density at radius 2 is 2.10 bits per heavy atom. The molecule has 2 atom stereocenters. The topological polar surface area (TPSA) is 58.1 Å². The van der Waals surface area contributed by atoms with Crippen molar-refractivity contribution >= 4 is 11.8 Å². The molecule has 1 aromatic rings. The summed E-state index contributed by atoms with van der Waals surface area (Å²) in [5, 5.41) is 0. The number of likely N-dealkylation sites (tertiary alicyclic amines) is 1. The molecule has 31 heavy (non-hydrogen) atoms. The molecule has 4 heterocycles. The van der Waals surface area contributed by atoms with Crippen molar-refractivity contribution in [3.05, 3.63) is 23.8 Å². The maximum absolute atomic E-state index is 14.0. The Hall–Kier alpha value is -1.93. The van der Waals surface area contributed by atoms with Crippen molar-refractivity contribution in [3.63, 3.8) is 0 Å². The highest BCUT2D eigenvalue weighted by atomic mass is 19.1. The molecule has 1 aliphatic carbocycles. The molecule has 1 amide bonds. The van der Waals surface area contributed by atoms with Gasteiger partial charge in [0.1, 0.15) is 5.82 Å². The molecule has 3 saturated heterocycles. The molecule has 0 radical (unpaired) electrons. The molecule has 1 aromatic heterocycles. The fourth-order valence-corrected chi connectivity index (χ4v) is 5.97. The summed E-state index contributed by atoms with van der Waals surface area (Å²) in [4.78, 5) is 23.1. The summed E-state index contributed by atoms with van der Waals surface area (Å²) in [5.74, 6) is -0.00162. The third-order valence-corrected chi connectivity index (χ3v) is 7.61. The summed E-state index contributed by atoms with van der Waals surface area (Å²) >= 11 is 0. The fourth-order valence-electron chi connectivity index (χ4n) is 5.97. The minimum Gasteiger partial charge on any atom is -0.450 e. The first kappa shape index (κ1) is 20.9. The normalized spacial score (nSPS) is 28.2. The summed E-state index contributed by atoms with van der Waals surface area (Å²) in [6, 6.07) is 2.24. The molecular weight excluding hydrogens is 399 g/mol. The largest absolute Gasteiger partial charge is 0.450 e. The van der Waals surface area contributed by atoms with Gasteiger partial charge in [-0.15, -0.1) is 0 Å². The van der Waals surface area contributed by atoms with Crippen molar-refractivity contribution in [1.82, 2.24) is 14.8 Å². The quantitative estimate of drug-likeness (QED) is 0.729. The molecular formula is C23H33FN4O3. The predicted molar refractivity (Wildman–Crippen MR) is 115 cm³/mol. The van der Waals surface area contributed by atoms with Crippen molar-refractivity contribution in [2.75, 3.05) is 64.0 Å². The van der Waals surface area contributed by atoms with Gasteiger partial charge in [0.25, 0.3) is 0 Å². The molecule has 170 valence electrons. The first-order chi connectivity index (χ1) is 15.1. The zero-order chi connectivity index (χ0) is 21.4. The molecule has 1 unspecified atom stereocenters. The minimum atomic E-state index is -0.269. The van der Waals surface area contributed by atoms with Gasteiger partial charge < -0.3 is 19.3 Å². The van der Waals surface area contributed by atoms with Crippen LogP contribution in [0.15, 0.2) is 12.3 Å². The second kappa shape index (κ2) is 8.54. The Bertz CT molecular complexity index is 802. The maximum atomic E-state index is 14.0. The second-order valence-corrected chi connectivity index (χ2v) is 9.59. The van der Waals surface area contributed by atoms with E-state index >= 15 is 0 Å². The van der Waals surface area contributed by atoms with Gasteiger partial charge in [-0.3, -0.25) is 9.88 Å². The van der Waals surface area contributed by atoms with Gasteiger partial charge in [0.15, 0.2) is 0 Å². The molecule has 5 rings (SSSR count). The van der Waals surface area contributed by atoms with E-state index < -0.39 is 0 Å². The molecule has 7 nitrogen and oxygen atoms in total. The number of piperazine rings is 1. The number of aromatic nitrogens is 1. The van der Waals surface area contributed by atoms with Crippen LogP contribution in [-0.2, 0) is 9.47 Å². The number of halogens is 1. The third kappa shape index (κ3) is 4.12. The maximum Gasteiger partial charge on any atom is 0.409 e. The lowest BCUT2D eigenvalue weighted by Crippen LogP contribution is -2.58. The number of hydrogen-bond acceptors (Lipinski definition) is 6. The van der Waals surface area contributed by atoms with Crippen LogP contribution >= 0.6 is 0 Å². The monoisotopic (exact) mass is 432 g/mol. The lowest BCUT2D eigenvalue weighted by Gasteiger charge is -2.48. The molecule has 8 heteroatoms. The highest BCUT2D eigenvalue weighted by molar-refractivity contribution is 5.69. The van der Waals surface area contributed by atoms with Crippen molar-refractivity contribution < 1.29 is 18.7 Å². The van der Waals surface area contributed by atoms with Gasteiger partial charge in [-0.2, -0.15) is 0 Å². The van der Waals surface area contributed by atoms with Crippen LogP contribution in [0.2, 0.25) is 0 Å². The van der Waals surface area contributed by atoms with Crippen LogP contribution < -0.4 is 4.90 Å². The SMILES string of the molecule is CCOC(=O)N1CC2(CC[C@@H](N3CCN(c4cc(F)cnc4C4CCOC4)CC3)C2)C1. The molecule has 0 bridgehead atoms. The van der Waals surface area contributed by atoms with Crippen LogP contribution in [0.3, 0.4) is 0 Å². The van der Waals surface area contributed by atoms with Crippen molar-refractivity contribution in [1.29, 1.82) is 0 Å². The van der Waals surface area contributed by atoms with Crippen LogP contribution in [0.1, 0.15) is 44.2 Å². The Kier molecular flexibility index (Phi) is 5.77. The smallest absolute Gasteiger partial charge is 0.409 e. The second-order valence-electron chi connectivity index (χ2n) is 9.59. The molecule has 1 spiro atoms. The van der Waals surface area contributed by atoms with E-state index in [0.717, 1.165) is 70.1 Å². The summed E-state index contributed by atoms with van der Waals surface area (Å²) in [7, 11) is 0. The van der Waals surface area contributed by atoms with Gasteiger partial charge in [-0.25, -0.2) is 9.18 Å².